The highest BCUT2D eigenvalue weighted by atomic mass is 19.1. The van der Waals surface area contributed by atoms with Crippen LogP contribution < -0.4 is 5.32 Å². The fraction of sp³-hybridized carbons (Fsp3) is 0.600. The number of benzene rings is 1. The highest BCUT2D eigenvalue weighted by molar-refractivity contribution is 5.63. The van der Waals surface area contributed by atoms with E-state index in [1.807, 2.05) is 0 Å². The van der Waals surface area contributed by atoms with Crippen molar-refractivity contribution in [3.63, 3.8) is 0 Å². The largest absolute Gasteiger partial charge is 0.379 e. The third-order valence-electron chi connectivity index (χ3n) is 4.54. The van der Waals surface area contributed by atoms with E-state index in [9.17, 15) is 14.5 Å². The summed E-state index contributed by atoms with van der Waals surface area (Å²) in [7, 11) is 0. The fourth-order valence-electron chi connectivity index (χ4n) is 3.03. The summed E-state index contributed by atoms with van der Waals surface area (Å²) in [6.07, 6.45) is 5.82. The number of anilines is 1. The van der Waals surface area contributed by atoms with Crippen molar-refractivity contribution in [2.24, 2.45) is 5.41 Å². The third kappa shape index (κ3) is 2.92. The van der Waals surface area contributed by atoms with Gasteiger partial charge in [0.05, 0.1) is 11.0 Å². The van der Waals surface area contributed by atoms with E-state index in [-0.39, 0.29) is 11.1 Å². The van der Waals surface area contributed by atoms with Crippen LogP contribution in [0.5, 0.6) is 0 Å². The Kier molecular flexibility index (Phi) is 4.26. The van der Waals surface area contributed by atoms with Crippen molar-refractivity contribution in [2.75, 3.05) is 11.9 Å². The molecule has 1 N–H and O–H groups in total. The minimum atomic E-state index is -0.534. The maximum absolute atomic E-state index is 13.5. The molecule has 0 aromatic heterocycles. The van der Waals surface area contributed by atoms with Gasteiger partial charge in [0.25, 0.3) is 5.69 Å². The van der Waals surface area contributed by atoms with Crippen molar-refractivity contribution in [1.82, 2.24) is 0 Å². The summed E-state index contributed by atoms with van der Waals surface area (Å²) in [6.45, 7) is 4.50. The summed E-state index contributed by atoms with van der Waals surface area (Å²) in [4.78, 5) is 10.5. The predicted molar refractivity (Wildman–Crippen MR) is 77.5 cm³/mol. The first-order chi connectivity index (χ1) is 9.47. The average Bonchev–Trinajstić information content (AvgIpc) is 2.89. The van der Waals surface area contributed by atoms with Gasteiger partial charge in [-0.2, -0.15) is 0 Å². The number of hydrogen-bond acceptors (Lipinski definition) is 3. The molecule has 0 bridgehead atoms. The Bertz CT molecular complexity index is 511. The summed E-state index contributed by atoms with van der Waals surface area (Å²) >= 11 is 0. The maximum Gasteiger partial charge on any atom is 0.295 e. The van der Waals surface area contributed by atoms with Crippen molar-refractivity contribution in [3.8, 4) is 0 Å². The fourth-order valence-corrected chi connectivity index (χ4v) is 3.03. The van der Waals surface area contributed by atoms with Gasteiger partial charge in [-0.15, -0.1) is 0 Å². The van der Waals surface area contributed by atoms with Gasteiger partial charge in [0.1, 0.15) is 11.5 Å². The number of aryl methyl sites for hydroxylation is 1. The molecule has 4 nitrogen and oxygen atoms in total. The third-order valence-corrected chi connectivity index (χ3v) is 4.54. The lowest BCUT2D eigenvalue weighted by atomic mass is 9.83. The topological polar surface area (TPSA) is 55.2 Å². The van der Waals surface area contributed by atoms with Gasteiger partial charge in [0, 0.05) is 6.54 Å². The zero-order valence-corrected chi connectivity index (χ0v) is 12.0. The van der Waals surface area contributed by atoms with Crippen molar-refractivity contribution in [1.29, 1.82) is 0 Å². The first kappa shape index (κ1) is 14.8. The van der Waals surface area contributed by atoms with Crippen molar-refractivity contribution >= 4 is 11.4 Å². The molecule has 0 amide bonds. The quantitative estimate of drug-likeness (QED) is 0.641. The van der Waals surface area contributed by atoms with Crippen molar-refractivity contribution in [2.45, 2.75) is 46.0 Å². The minimum absolute atomic E-state index is 0.183. The van der Waals surface area contributed by atoms with Gasteiger partial charge in [0.15, 0.2) is 0 Å². The van der Waals surface area contributed by atoms with Gasteiger partial charge in [-0.05, 0) is 43.2 Å². The zero-order valence-electron chi connectivity index (χ0n) is 12.0. The molecule has 1 aromatic carbocycles. The molecule has 0 heterocycles. The van der Waals surface area contributed by atoms with Gasteiger partial charge in [0.2, 0.25) is 0 Å². The lowest BCUT2D eigenvalue weighted by molar-refractivity contribution is -0.384. The second-order valence-corrected chi connectivity index (χ2v) is 5.79. The Hall–Kier alpha value is -1.65. The molecule has 1 aliphatic rings. The molecule has 110 valence electrons. The highest BCUT2D eigenvalue weighted by Crippen LogP contribution is 2.41. The molecular weight excluding hydrogens is 259 g/mol. The number of nitrogens with zero attached hydrogens (tertiary/aromatic N) is 1. The number of hydrogen-bond donors (Lipinski definition) is 1. The molecule has 0 aliphatic heterocycles. The van der Waals surface area contributed by atoms with E-state index in [4.69, 9.17) is 0 Å². The molecule has 2 rings (SSSR count). The molecule has 0 saturated heterocycles. The molecular formula is C15H21FN2O2. The highest BCUT2D eigenvalue weighted by Gasteiger charge is 2.32. The van der Waals surface area contributed by atoms with Gasteiger partial charge in [-0.25, -0.2) is 4.39 Å². The second-order valence-electron chi connectivity index (χ2n) is 5.79. The standard InChI is InChI=1S/C15H21FN2O2/c1-3-15(6-4-5-7-15)10-17-13-8-11(2)12(16)9-14(13)18(19)20/h8-9,17H,3-7,10H2,1-2H3. The molecule has 0 unspecified atom stereocenters. The minimum Gasteiger partial charge on any atom is -0.379 e. The van der Waals surface area contributed by atoms with Gasteiger partial charge >= 0.3 is 0 Å². The molecule has 0 radical (unpaired) electrons. The van der Waals surface area contributed by atoms with E-state index in [0.29, 0.717) is 11.3 Å². The van der Waals surface area contributed by atoms with Crippen LogP contribution in [0, 0.1) is 28.3 Å². The zero-order chi connectivity index (χ0) is 14.8. The van der Waals surface area contributed by atoms with E-state index < -0.39 is 10.7 Å². The van der Waals surface area contributed by atoms with Crippen LogP contribution in [0.3, 0.4) is 0 Å². The van der Waals surface area contributed by atoms with Crippen molar-refractivity contribution < 1.29 is 9.31 Å². The first-order valence-electron chi connectivity index (χ1n) is 7.16. The summed E-state index contributed by atoms with van der Waals surface area (Å²) < 4.78 is 13.5. The second kappa shape index (κ2) is 5.77. The van der Waals surface area contributed by atoms with E-state index in [2.05, 4.69) is 12.2 Å². The number of nitro groups is 1. The van der Waals surface area contributed by atoms with Crippen LogP contribution in [0.25, 0.3) is 0 Å². The Morgan fingerprint density at radius 1 is 1.40 bits per heavy atom. The van der Waals surface area contributed by atoms with Crippen LogP contribution >= 0.6 is 0 Å². The van der Waals surface area contributed by atoms with E-state index in [1.54, 1.807) is 6.92 Å². The Morgan fingerprint density at radius 3 is 2.60 bits per heavy atom. The predicted octanol–water partition coefficient (Wildman–Crippen LogP) is 4.42. The van der Waals surface area contributed by atoms with Gasteiger partial charge < -0.3 is 5.32 Å². The monoisotopic (exact) mass is 280 g/mol. The number of nitro benzene ring substituents is 1. The summed E-state index contributed by atoms with van der Waals surface area (Å²) in [5, 5.41) is 14.2. The summed E-state index contributed by atoms with van der Waals surface area (Å²) in [5.41, 5.74) is 0.900. The maximum atomic E-state index is 13.5. The van der Waals surface area contributed by atoms with E-state index in [1.165, 1.54) is 18.9 Å². The van der Waals surface area contributed by atoms with Gasteiger partial charge in [-0.1, -0.05) is 19.8 Å². The van der Waals surface area contributed by atoms with Crippen LogP contribution in [0.15, 0.2) is 12.1 Å². The Labute approximate surface area is 118 Å². The van der Waals surface area contributed by atoms with E-state index in [0.717, 1.165) is 31.9 Å². The lowest BCUT2D eigenvalue weighted by Crippen LogP contribution is -2.26. The molecule has 1 fully saturated rings. The molecule has 1 aromatic rings. The van der Waals surface area contributed by atoms with Crippen LogP contribution in [-0.4, -0.2) is 11.5 Å². The molecule has 5 heteroatoms. The molecule has 20 heavy (non-hydrogen) atoms. The van der Waals surface area contributed by atoms with Crippen LogP contribution in [-0.2, 0) is 0 Å². The summed E-state index contributed by atoms with van der Waals surface area (Å²) in [6, 6.07) is 2.54. The molecule has 0 atom stereocenters. The summed E-state index contributed by atoms with van der Waals surface area (Å²) in [5.74, 6) is -0.534. The van der Waals surface area contributed by atoms with E-state index >= 15 is 0 Å². The van der Waals surface area contributed by atoms with Gasteiger partial charge in [-0.3, -0.25) is 10.1 Å². The SMILES string of the molecule is CCC1(CNc2cc(C)c(F)cc2[N+](=O)[O-])CCCC1. The van der Waals surface area contributed by atoms with Crippen LogP contribution in [0.4, 0.5) is 15.8 Å². The molecule has 1 aliphatic carbocycles. The number of halogens is 1. The van der Waals surface area contributed by atoms with Crippen LogP contribution in [0.1, 0.15) is 44.6 Å². The Morgan fingerprint density at radius 2 is 2.05 bits per heavy atom. The van der Waals surface area contributed by atoms with Crippen molar-refractivity contribution in [3.05, 3.63) is 33.6 Å². The molecule has 1 saturated carbocycles. The number of nitrogens with one attached hydrogen (secondary N) is 1. The first-order valence-corrected chi connectivity index (χ1v) is 7.16. The lowest BCUT2D eigenvalue weighted by Gasteiger charge is -2.28. The van der Waals surface area contributed by atoms with Crippen LogP contribution in [0.2, 0.25) is 0 Å². The average molecular weight is 280 g/mol. The molecule has 0 spiro atoms. The normalized spacial score (nSPS) is 17.1. The smallest absolute Gasteiger partial charge is 0.295 e. The Balaban J connectivity index is 2.20. The number of rotatable bonds is 5.